The number of pyridine rings is 2. The van der Waals surface area contributed by atoms with Crippen molar-refractivity contribution in [1.29, 1.82) is 0 Å². The third kappa shape index (κ3) is 6.48. The second-order valence-corrected chi connectivity index (χ2v) is 9.93. The van der Waals surface area contributed by atoms with Crippen molar-refractivity contribution in [2.75, 3.05) is 32.5 Å². The number of aliphatic hydroxyl groups is 1. The lowest BCUT2D eigenvalue weighted by Gasteiger charge is -2.36. The molecular formula is C26H30FN3O4S. The fraction of sp³-hybridized carbons (Fsp3) is 0.423. The van der Waals surface area contributed by atoms with E-state index >= 15 is 0 Å². The Morgan fingerprint density at radius 1 is 1.31 bits per heavy atom. The average molecular weight is 500 g/mol. The first-order valence-corrected chi connectivity index (χ1v) is 12.7. The van der Waals surface area contributed by atoms with Gasteiger partial charge in [-0.25, -0.2) is 4.98 Å². The van der Waals surface area contributed by atoms with E-state index in [1.807, 2.05) is 24.3 Å². The van der Waals surface area contributed by atoms with Gasteiger partial charge in [0.25, 0.3) is 0 Å². The highest BCUT2D eigenvalue weighted by atomic mass is 32.2. The van der Waals surface area contributed by atoms with E-state index in [1.165, 1.54) is 17.8 Å². The molecule has 1 unspecified atom stereocenters. The second-order valence-electron chi connectivity index (χ2n) is 8.82. The summed E-state index contributed by atoms with van der Waals surface area (Å²) in [5.41, 5.74) is 1.56. The van der Waals surface area contributed by atoms with E-state index in [9.17, 15) is 19.4 Å². The summed E-state index contributed by atoms with van der Waals surface area (Å²) in [7, 11) is 1.60. The zero-order valence-electron chi connectivity index (χ0n) is 19.6. The number of carboxylic acid groups (broad SMARTS) is 1. The van der Waals surface area contributed by atoms with Crippen molar-refractivity contribution in [3.05, 3.63) is 60.2 Å². The van der Waals surface area contributed by atoms with Gasteiger partial charge in [0.15, 0.2) is 0 Å². The SMILES string of the molecule is COc1ccc2nccc(C(O)CC[C@@H]3CCN(CCSc4cccc(F)n4)C[C@@H]3C(=O)O)c2c1. The summed E-state index contributed by atoms with van der Waals surface area (Å²) < 4.78 is 18.6. The van der Waals surface area contributed by atoms with Crippen molar-refractivity contribution < 1.29 is 24.1 Å². The van der Waals surface area contributed by atoms with Crippen LogP contribution in [0.25, 0.3) is 10.9 Å². The molecule has 4 rings (SSSR count). The monoisotopic (exact) mass is 499 g/mol. The number of thioether (sulfide) groups is 1. The molecule has 1 aliphatic rings. The highest BCUT2D eigenvalue weighted by molar-refractivity contribution is 7.99. The van der Waals surface area contributed by atoms with Crippen LogP contribution in [0.15, 0.2) is 53.7 Å². The standard InChI is InChI=1S/C26H30FN3O4S/c1-34-18-6-7-22-20(15-18)19(9-11-28-22)23(31)8-5-17-10-12-30(16-21(17)26(32)33)13-14-35-25-4-2-3-24(27)29-25/h2-4,6-7,9,11,15,17,21,23,31H,5,8,10,12-14,16H2,1H3,(H,32,33)/t17-,21+,23?/m1/s1. The van der Waals surface area contributed by atoms with Crippen LogP contribution in [0.5, 0.6) is 5.75 Å². The van der Waals surface area contributed by atoms with Crippen molar-refractivity contribution in [1.82, 2.24) is 14.9 Å². The molecule has 2 aromatic heterocycles. The van der Waals surface area contributed by atoms with E-state index in [4.69, 9.17) is 4.74 Å². The maximum atomic E-state index is 13.3. The number of halogens is 1. The van der Waals surface area contributed by atoms with Gasteiger partial charge in [-0.1, -0.05) is 6.07 Å². The molecule has 35 heavy (non-hydrogen) atoms. The van der Waals surface area contributed by atoms with Crippen LogP contribution in [0.3, 0.4) is 0 Å². The minimum Gasteiger partial charge on any atom is -0.497 e. The number of carboxylic acids is 1. The number of hydrogen-bond donors (Lipinski definition) is 2. The predicted octanol–water partition coefficient (Wildman–Crippen LogP) is 4.41. The number of rotatable bonds is 10. The van der Waals surface area contributed by atoms with E-state index in [2.05, 4.69) is 14.9 Å². The molecule has 9 heteroatoms. The van der Waals surface area contributed by atoms with Crippen LogP contribution in [0, 0.1) is 17.8 Å². The van der Waals surface area contributed by atoms with Crippen molar-refractivity contribution in [3.8, 4) is 5.75 Å². The highest BCUT2D eigenvalue weighted by Gasteiger charge is 2.34. The van der Waals surface area contributed by atoms with Gasteiger partial charge in [-0.2, -0.15) is 4.39 Å². The first-order valence-electron chi connectivity index (χ1n) is 11.8. The summed E-state index contributed by atoms with van der Waals surface area (Å²) in [5.74, 6) is -0.370. The van der Waals surface area contributed by atoms with Crippen molar-refractivity contribution in [2.45, 2.75) is 30.4 Å². The Labute approximate surface area is 208 Å². The normalized spacial score (nSPS) is 19.5. The topological polar surface area (TPSA) is 95.8 Å². The zero-order chi connectivity index (χ0) is 24.8. The molecule has 1 saturated heterocycles. The number of ether oxygens (including phenoxy) is 1. The molecule has 0 bridgehead atoms. The van der Waals surface area contributed by atoms with Crippen molar-refractivity contribution in [2.24, 2.45) is 11.8 Å². The fourth-order valence-corrected chi connectivity index (χ4v) is 5.62. The van der Waals surface area contributed by atoms with Crippen LogP contribution >= 0.6 is 11.8 Å². The lowest BCUT2D eigenvalue weighted by molar-refractivity contribution is -0.146. The Hall–Kier alpha value is -2.75. The Morgan fingerprint density at radius 2 is 2.17 bits per heavy atom. The molecule has 0 amide bonds. The van der Waals surface area contributed by atoms with Gasteiger partial charge in [0, 0.05) is 30.4 Å². The number of aliphatic hydroxyl groups excluding tert-OH is 1. The smallest absolute Gasteiger partial charge is 0.308 e. The third-order valence-electron chi connectivity index (χ3n) is 6.66. The molecule has 0 radical (unpaired) electrons. The number of carbonyl (C=O) groups is 1. The van der Waals surface area contributed by atoms with Crippen LogP contribution in [-0.2, 0) is 4.79 Å². The molecule has 1 aliphatic heterocycles. The summed E-state index contributed by atoms with van der Waals surface area (Å²) in [4.78, 5) is 22.4. The Morgan fingerprint density at radius 3 is 2.94 bits per heavy atom. The highest BCUT2D eigenvalue weighted by Crippen LogP contribution is 2.34. The molecule has 3 heterocycles. The summed E-state index contributed by atoms with van der Waals surface area (Å²) in [6.07, 6.45) is 2.84. The lowest BCUT2D eigenvalue weighted by Crippen LogP contribution is -2.44. The number of piperidine rings is 1. The molecule has 1 aromatic carbocycles. The zero-order valence-corrected chi connectivity index (χ0v) is 20.5. The third-order valence-corrected chi connectivity index (χ3v) is 7.57. The largest absolute Gasteiger partial charge is 0.497 e. The minimum atomic E-state index is -0.798. The number of benzene rings is 1. The molecule has 1 fully saturated rings. The summed E-state index contributed by atoms with van der Waals surface area (Å²) in [5, 5.41) is 22.3. The average Bonchev–Trinajstić information content (AvgIpc) is 2.87. The van der Waals surface area contributed by atoms with Crippen LogP contribution in [0.1, 0.15) is 30.9 Å². The van der Waals surface area contributed by atoms with Crippen LogP contribution in [-0.4, -0.2) is 63.5 Å². The number of aromatic nitrogens is 2. The number of methoxy groups -OCH3 is 1. The van der Waals surface area contributed by atoms with Gasteiger partial charge in [-0.05, 0) is 73.7 Å². The Bertz CT molecular complexity index is 1160. The van der Waals surface area contributed by atoms with Crippen molar-refractivity contribution >= 4 is 28.6 Å². The molecule has 0 aliphatic carbocycles. The minimum absolute atomic E-state index is 0.00132. The molecule has 3 aromatic rings. The molecule has 3 atom stereocenters. The summed E-state index contributed by atoms with van der Waals surface area (Å²) in [6.45, 7) is 1.99. The van der Waals surface area contributed by atoms with E-state index in [1.54, 1.807) is 25.4 Å². The first-order chi connectivity index (χ1) is 16.9. The molecule has 7 nitrogen and oxygen atoms in total. The van der Waals surface area contributed by atoms with Crippen LogP contribution in [0.2, 0.25) is 0 Å². The van der Waals surface area contributed by atoms with Gasteiger partial charge in [0.1, 0.15) is 5.75 Å². The fourth-order valence-electron chi connectivity index (χ4n) is 4.74. The quantitative estimate of drug-likeness (QED) is 0.313. The first kappa shape index (κ1) is 25.3. The lowest BCUT2D eigenvalue weighted by atomic mass is 9.81. The van der Waals surface area contributed by atoms with E-state index < -0.39 is 23.9 Å². The maximum absolute atomic E-state index is 13.3. The molecule has 2 N–H and O–H groups in total. The number of nitrogens with zero attached hydrogens (tertiary/aromatic N) is 3. The van der Waals surface area contributed by atoms with Gasteiger partial charge >= 0.3 is 5.97 Å². The van der Waals surface area contributed by atoms with Gasteiger partial charge < -0.3 is 19.8 Å². The van der Waals surface area contributed by atoms with Crippen molar-refractivity contribution in [3.63, 3.8) is 0 Å². The number of aliphatic carboxylic acids is 1. The maximum Gasteiger partial charge on any atom is 0.308 e. The van der Waals surface area contributed by atoms with E-state index in [-0.39, 0.29) is 5.92 Å². The van der Waals surface area contributed by atoms with Gasteiger partial charge in [-0.15, -0.1) is 11.8 Å². The summed E-state index contributed by atoms with van der Waals surface area (Å²) in [6, 6.07) is 12.1. The second kappa shape index (κ2) is 11.8. The molecule has 0 spiro atoms. The van der Waals surface area contributed by atoms with Gasteiger partial charge in [-0.3, -0.25) is 9.78 Å². The molecule has 186 valence electrons. The summed E-state index contributed by atoms with van der Waals surface area (Å²) >= 11 is 1.47. The molecular weight excluding hydrogens is 469 g/mol. The van der Waals surface area contributed by atoms with E-state index in [0.717, 1.165) is 29.4 Å². The Kier molecular flexibility index (Phi) is 8.54. The van der Waals surface area contributed by atoms with Crippen LogP contribution in [0.4, 0.5) is 4.39 Å². The number of likely N-dealkylation sites (tertiary alicyclic amines) is 1. The molecule has 0 saturated carbocycles. The Balaban J connectivity index is 1.33. The van der Waals surface area contributed by atoms with Gasteiger partial charge in [0.2, 0.25) is 5.95 Å². The van der Waals surface area contributed by atoms with Crippen LogP contribution < -0.4 is 4.74 Å². The van der Waals surface area contributed by atoms with Gasteiger partial charge in [0.05, 0.1) is 29.7 Å². The number of fused-ring (bicyclic) bond motifs is 1. The predicted molar refractivity (Wildman–Crippen MR) is 133 cm³/mol. The number of hydrogen-bond acceptors (Lipinski definition) is 7. The van der Waals surface area contributed by atoms with E-state index in [0.29, 0.717) is 42.5 Å².